The van der Waals surface area contributed by atoms with Gasteiger partial charge in [0.25, 0.3) is 0 Å². The fourth-order valence-corrected chi connectivity index (χ4v) is 4.77. The summed E-state index contributed by atoms with van der Waals surface area (Å²) in [6.07, 6.45) is 0.668. The van der Waals surface area contributed by atoms with E-state index in [2.05, 4.69) is 4.72 Å². The molecule has 2 rings (SSSR count). The van der Waals surface area contributed by atoms with E-state index in [1.807, 2.05) is 35.7 Å². The Kier molecular flexibility index (Phi) is 4.93. The Labute approximate surface area is 123 Å². The van der Waals surface area contributed by atoms with Gasteiger partial charge >= 0.3 is 0 Å². The lowest BCUT2D eigenvalue weighted by molar-refractivity contribution is 0.580. The number of benzene rings is 1. The third kappa shape index (κ3) is 3.46. The highest BCUT2D eigenvalue weighted by Crippen LogP contribution is 2.26. The summed E-state index contributed by atoms with van der Waals surface area (Å²) in [5, 5.41) is 1.83. The molecule has 2 aromatic rings. The van der Waals surface area contributed by atoms with E-state index in [4.69, 9.17) is 5.73 Å². The van der Waals surface area contributed by atoms with Crippen molar-refractivity contribution >= 4 is 21.4 Å². The minimum atomic E-state index is -3.48. The SMILES string of the molecule is Cc1csc(CN)c1S(=O)(=O)NCCc1ccccc1. The third-order valence-corrected chi connectivity index (χ3v) is 5.94. The average Bonchev–Trinajstić information content (AvgIpc) is 2.81. The molecule has 6 heteroatoms. The molecule has 0 radical (unpaired) electrons. The van der Waals surface area contributed by atoms with E-state index in [0.717, 1.165) is 11.1 Å². The summed E-state index contributed by atoms with van der Waals surface area (Å²) in [4.78, 5) is 1.05. The van der Waals surface area contributed by atoms with Gasteiger partial charge in [-0.05, 0) is 29.9 Å². The zero-order valence-electron chi connectivity index (χ0n) is 11.3. The molecule has 0 saturated heterocycles. The van der Waals surface area contributed by atoms with Crippen LogP contribution in [0.3, 0.4) is 0 Å². The molecule has 0 aliphatic heterocycles. The van der Waals surface area contributed by atoms with E-state index in [1.54, 1.807) is 6.92 Å². The zero-order valence-corrected chi connectivity index (χ0v) is 12.9. The Morgan fingerprint density at radius 2 is 1.95 bits per heavy atom. The Morgan fingerprint density at radius 1 is 1.25 bits per heavy atom. The molecule has 1 heterocycles. The molecule has 0 spiro atoms. The first-order valence-electron chi connectivity index (χ1n) is 6.35. The summed E-state index contributed by atoms with van der Waals surface area (Å²) >= 11 is 1.39. The number of hydrogen-bond acceptors (Lipinski definition) is 4. The Bertz CT molecular complexity index is 664. The molecule has 0 unspecified atom stereocenters. The van der Waals surface area contributed by atoms with Gasteiger partial charge in [-0.1, -0.05) is 30.3 Å². The van der Waals surface area contributed by atoms with Crippen molar-refractivity contribution in [1.29, 1.82) is 0 Å². The summed E-state index contributed by atoms with van der Waals surface area (Å²) in [6, 6.07) is 9.79. The minimum Gasteiger partial charge on any atom is -0.326 e. The van der Waals surface area contributed by atoms with Crippen LogP contribution in [0.2, 0.25) is 0 Å². The van der Waals surface area contributed by atoms with Crippen LogP contribution in [0.15, 0.2) is 40.6 Å². The van der Waals surface area contributed by atoms with Crippen LogP contribution in [0.4, 0.5) is 0 Å². The number of rotatable bonds is 6. The molecule has 0 fully saturated rings. The van der Waals surface area contributed by atoms with Gasteiger partial charge in [-0.25, -0.2) is 13.1 Å². The monoisotopic (exact) mass is 310 g/mol. The fraction of sp³-hybridized carbons (Fsp3) is 0.286. The fourth-order valence-electron chi connectivity index (χ4n) is 2.04. The molecule has 0 aliphatic rings. The van der Waals surface area contributed by atoms with E-state index in [0.29, 0.717) is 22.7 Å². The molecular weight excluding hydrogens is 292 g/mol. The van der Waals surface area contributed by atoms with Crippen LogP contribution in [0.1, 0.15) is 16.0 Å². The second kappa shape index (κ2) is 6.49. The van der Waals surface area contributed by atoms with Crippen molar-refractivity contribution in [3.05, 3.63) is 51.7 Å². The van der Waals surface area contributed by atoms with Crippen molar-refractivity contribution in [2.24, 2.45) is 5.73 Å². The summed E-state index contributed by atoms with van der Waals surface area (Å²) < 4.78 is 27.3. The van der Waals surface area contributed by atoms with E-state index in [-0.39, 0.29) is 6.54 Å². The smallest absolute Gasteiger partial charge is 0.241 e. The van der Waals surface area contributed by atoms with E-state index in [1.165, 1.54) is 11.3 Å². The van der Waals surface area contributed by atoms with E-state index < -0.39 is 10.0 Å². The number of hydrogen-bond donors (Lipinski definition) is 2. The van der Waals surface area contributed by atoms with Crippen LogP contribution in [0.25, 0.3) is 0 Å². The molecule has 1 aromatic heterocycles. The first-order valence-corrected chi connectivity index (χ1v) is 8.71. The molecule has 1 aromatic carbocycles. The number of nitrogens with two attached hydrogens (primary N) is 1. The van der Waals surface area contributed by atoms with E-state index in [9.17, 15) is 8.42 Å². The Morgan fingerprint density at radius 3 is 2.60 bits per heavy atom. The molecule has 0 amide bonds. The van der Waals surface area contributed by atoms with Gasteiger partial charge < -0.3 is 5.73 Å². The normalized spacial score (nSPS) is 11.7. The zero-order chi connectivity index (χ0) is 14.6. The molecule has 3 N–H and O–H groups in total. The molecule has 0 aliphatic carbocycles. The molecule has 20 heavy (non-hydrogen) atoms. The second-order valence-corrected chi connectivity index (χ2v) is 7.18. The third-order valence-electron chi connectivity index (χ3n) is 2.99. The van der Waals surface area contributed by atoms with Crippen LogP contribution in [-0.2, 0) is 23.0 Å². The second-order valence-electron chi connectivity index (χ2n) is 4.51. The van der Waals surface area contributed by atoms with Crippen LogP contribution in [0.5, 0.6) is 0 Å². The van der Waals surface area contributed by atoms with Gasteiger partial charge in [0.05, 0.1) is 0 Å². The Balaban J connectivity index is 2.06. The quantitative estimate of drug-likeness (QED) is 0.857. The number of thiophene rings is 1. The molecule has 0 atom stereocenters. The summed E-state index contributed by atoms with van der Waals surface area (Å²) in [7, 11) is -3.48. The van der Waals surface area contributed by atoms with Crippen molar-refractivity contribution in [1.82, 2.24) is 4.72 Å². The molecule has 108 valence electrons. The number of aryl methyl sites for hydroxylation is 1. The maximum absolute atomic E-state index is 12.3. The lowest BCUT2D eigenvalue weighted by atomic mass is 10.2. The molecule has 4 nitrogen and oxygen atoms in total. The maximum atomic E-state index is 12.3. The number of sulfonamides is 1. The highest BCUT2D eigenvalue weighted by Gasteiger charge is 2.21. The molecular formula is C14H18N2O2S2. The van der Waals surface area contributed by atoms with Crippen LogP contribution in [0, 0.1) is 6.92 Å². The molecule has 0 bridgehead atoms. The van der Waals surface area contributed by atoms with Crippen LogP contribution in [-0.4, -0.2) is 15.0 Å². The van der Waals surface area contributed by atoms with Gasteiger partial charge in [0, 0.05) is 18.0 Å². The highest BCUT2D eigenvalue weighted by atomic mass is 32.2. The largest absolute Gasteiger partial charge is 0.326 e. The van der Waals surface area contributed by atoms with Crippen LogP contribution >= 0.6 is 11.3 Å². The van der Waals surface area contributed by atoms with Crippen molar-refractivity contribution in [2.75, 3.05) is 6.54 Å². The van der Waals surface area contributed by atoms with Crippen LogP contribution < -0.4 is 10.5 Å². The predicted octanol–water partition coefficient (Wildman–Crippen LogP) is 2.04. The topological polar surface area (TPSA) is 72.2 Å². The molecule has 0 saturated carbocycles. The highest BCUT2D eigenvalue weighted by molar-refractivity contribution is 7.89. The summed E-state index contributed by atoms with van der Waals surface area (Å²) in [5.41, 5.74) is 7.46. The summed E-state index contributed by atoms with van der Waals surface area (Å²) in [5.74, 6) is 0. The first-order chi connectivity index (χ1) is 9.54. The van der Waals surface area contributed by atoms with Crippen molar-refractivity contribution < 1.29 is 8.42 Å². The van der Waals surface area contributed by atoms with E-state index >= 15 is 0 Å². The maximum Gasteiger partial charge on any atom is 0.241 e. The van der Waals surface area contributed by atoms with Gasteiger partial charge in [-0.15, -0.1) is 11.3 Å². The lowest BCUT2D eigenvalue weighted by Gasteiger charge is -2.08. The standard InChI is InChI=1S/C14H18N2O2S2/c1-11-10-19-13(9-15)14(11)20(17,18)16-8-7-12-5-3-2-4-6-12/h2-6,10,16H,7-9,15H2,1H3. The van der Waals surface area contributed by atoms with Gasteiger partial charge in [-0.2, -0.15) is 0 Å². The summed E-state index contributed by atoms with van der Waals surface area (Å²) in [6.45, 7) is 2.42. The minimum absolute atomic E-state index is 0.243. The van der Waals surface area contributed by atoms with Gasteiger partial charge in [-0.3, -0.25) is 0 Å². The predicted molar refractivity (Wildman–Crippen MR) is 82.3 cm³/mol. The van der Waals surface area contributed by atoms with Gasteiger partial charge in [0.15, 0.2) is 0 Å². The van der Waals surface area contributed by atoms with Gasteiger partial charge in [0.1, 0.15) is 4.90 Å². The van der Waals surface area contributed by atoms with Crippen molar-refractivity contribution in [2.45, 2.75) is 24.8 Å². The van der Waals surface area contributed by atoms with Gasteiger partial charge in [0.2, 0.25) is 10.0 Å². The lowest BCUT2D eigenvalue weighted by Crippen LogP contribution is -2.27. The van der Waals surface area contributed by atoms with Crippen molar-refractivity contribution in [3.8, 4) is 0 Å². The van der Waals surface area contributed by atoms with Crippen molar-refractivity contribution in [3.63, 3.8) is 0 Å². The number of nitrogens with one attached hydrogen (secondary N) is 1. The average molecular weight is 310 g/mol. The Hall–Kier alpha value is -1.21. The first kappa shape index (κ1) is 15.2.